The molecule has 0 bridgehead atoms. The molecule has 0 aromatic carbocycles. The number of aliphatic hydroxyl groups is 4. The second kappa shape index (κ2) is 8.00. The van der Waals surface area contributed by atoms with Crippen molar-refractivity contribution in [3.05, 3.63) is 0 Å². The first kappa shape index (κ1) is 18.8. The molecule has 8 unspecified atom stereocenters. The number of hydrogen-bond acceptors (Lipinski definition) is 7. The first-order valence-electron chi connectivity index (χ1n) is 8.30. The SMILES string of the molecule is CC1CCC(C(C)COC2OC(CO)C(O)C(O)C2O)C(=O)C1. The highest BCUT2D eigenvalue weighted by Crippen LogP contribution is 2.31. The van der Waals surface area contributed by atoms with E-state index in [2.05, 4.69) is 6.92 Å². The van der Waals surface area contributed by atoms with Gasteiger partial charge in [-0.3, -0.25) is 4.79 Å². The van der Waals surface area contributed by atoms with Gasteiger partial charge >= 0.3 is 0 Å². The number of ketones is 1. The lowest BCUT2D eigenvalue weighted by Crippen LogP contribution is -2.59. The maximum atomic E-state index is 12.1. The maximum Gasteiger partial charge on any atom is 0.186 e. The van der Waals surface area contributed by atoms with Gasteiger partial charge in [-0.1, -0.05) is 13.8 Å². The highest BCUT2D eigenvalue weighted by Gasteiger charge is 2.44. The predicted octanol–water partition coefficient (Wildman–Crippen LogP) is -0.556. The standard InChI is InChI=1S/C16H28O7/c1-8-3-4-10(11(18)5-8)9(2)7-22-16-15(21)14(20)13(19)12(6-17)23-16/h8-10,12-17,19-21H,3-7H2,1-2H3. The van der Waals surface area contributed by atoms with Crippen molar-refractivity contribution in [2.75, 3.05) is 13.2 Å². The summed E-state index contributed by atoms with van der Waals surface area (Å²) in [4.78, 5) is 12.1. The van der Waals surface area contributed by atoms with Crippen molar-refractivity contribution in [3.8, 4) is 0 Å². The average Bonchev–Trinajstić information content (AvgIpc) is 2.51. The summed E-state index contributed by atoms with van der Waals surface area (Å²) in [5.74, 6) is 0.587. The largest absolute Gasteiger partial charge is 0.394 e. The summed E-state index contributed by atoms with van der Waals surface area (Å²) in [6.45, 7) is 3.71. The summed E-state index contributed by atoms with van der Waals surface area (Å²) in [5.41, 5.74) is 0. The molecule has 1 heterocycles. The van der Waals surface area contributed by atoms with Crippen LogP contribution in [0.3, 0.4) is 0 Å². The van der Waals surface area contributed by atoms with Crippen LogP contribution in [0.4, 0.5) is 0 Å². The Morgan fingerprint density at radius 3 is 2.52 bits per heavy atom. The Morgan fingerprint density at radius 1 is 1.22 bits per heavy atom. The van der Waals surface area contributed by atoms with Crippen molar-refractivity contribution in [3.63, 3.8) is 0 Å². The Balaban J connectivity index is 1.88. The van der Waals surface area contributed by atoms with Gasteiger partial charge < -0.3 is 29.9 Å². The van der Waals surface area contributed by atoms with E-state index in [1.54, 1.807) is 0 Å². The maximum absolute atomic E-state index is 12.1. The van der Waals surface area contributed by atoms with Crippen LogP contribution in [0, 0.1) is 17.8 Å². The van der Waals surface area contributed by atoms with E-state index in [0.29, 0.717) is 12.3 Å². The van der Waals surface area contributed by atoms with Gasteiger partial charge in [0.25, 0.3) is 0 Å². The summed E-state index contributed by atoms with van der Waals surface area (Å²) < 4.78 is 10.8. The Bertz CT molecular complexity index is 400. The molecule has 23 heavy (non-hydrogen) atoms. The number of rotatable bonds is 5. The van der Waals surface area contributed by atoms with Crippen molar-refractivity contribution in [2.45, 2.75) is 63.8 Å². The van der Waals surface area contributed by atoms with Gasteiger partial charge in [0.05, 0.1) is 13.2 Å². The summed E-state index contributed by atoms with van der Waals surface area (Å²) >= 11 is 0. The Hall–Kier alpha value is -0.570. The minimum absolute atomic E-state index is 0.0256. The van der Waals surface area contributed by atoms with Gasteiger partial charge in [0.2, 0.25) is 0 Å². The Labute approximate surface area is 136 Å². The Morgan fingerprint density at radius 2 is 1.91 bits per heavy atom. The minimum atomic E-state index is -1.45. The zero-order valence-electron chi connectivity index (χ0n) is 13.7. The summed E-state index contributed by atoms with van der Waals surface area (Å²) in [7, 11) is 0. The van der Waals surface area contributed by atoms with Gasteiger partial charge in [-0.2, -0.15) is 0 Å². The average molecular weight is 332 g/mol. The molecular formula is C16H28O7. The van der Waals surface area contributed by atoms with E-state index in [4.69, 9.17) is 14.6 Å². The smallest absolute Gasteiger partial charge is 0.186 e. The van der Waals surface area contributed by atoms with E-state index >= 15 is 0 Å². The van der Waals surface area contributed by atoms with Crippen LogP contribution in [0.15, 0.2) is 0 Å². The third-order valence-corrected chi connectivity index (χ3v) is 4.99. The molecule has 4 N–H and O–H groups in total. The molecule has 1 saturated carbocycles. The van der Waals surface area contributed by atoms with E-state index in [0.717, 1.165) is 12.8 Å². The molecule has 0 aromatic rings. The van der Waals surface area contributed by atoms with Crippen LogP contribution >= 0.6 is 0 Å². The molecule has 0 radical (unpaired) electrons. The predicted molar refractivity (Wildman–Crippen MR) is 80.4 cm³/mol. The van der Waals surface area contributed by atoms with E-state index in [1.807, 2.05) is 6.92 Å². The first-order valence-corrected chi connectivity index (χ1v) is 8.30. The second-order valence-corrected chi connectivity index (χ2v) is 6.97. The van der Waals surface area contributed by atoms with E-state index in [9.17, 15) is 20.1 Å². The fourth-order valence-electron chi connectivity index (χ4n) is 3.39. The van der Waals surface area contributed by atoms with Crippen molar-refractivity contribution in [1.82, 2.24) is 0 Å². The van der Waals surface area contributed by atoms with Crippen molar-refractivity contribution < 1.29 is 34.7 Å². The second-order valence-electron chi connectivity index (χ2n) is 6.97. The monoisotopic (exact) mass is 332 g/mol. The summed E-state index contributed by atoms with van der Waals surface area (Å²) in [6.07, 6.45) is -3.92. The zero-order valence-corrected chi connectivity index (χ0v) is 13.7. The summed E-state index contributed by atoms with van der Waals surface area (Å²) in [6, 6.07) is 0. The third kappa shape index (κ3) is 4.29. The van der Waals surface area contributed by atoms with Crippen LogP contribution in [0.1, 0.15) is 33.1 Å². The molecule has 2 aliphatic rings. The number of ether oxygens (including phenoxy) is 2. The molecule has 1 saturated heterocycles. The lowest BCUT2D eigenvalue weighted by Gasteiger charge is -2.40. The topological polar surface area (TPSA) is 116 Å². The molecule has 7 heteroatoms. The molecule has 2 fully saturated rings. The van der Waals surface area contributed by atoms with E-state index < -0.39 is 37.3 Å². The molecule has 134 valence electrons. The molecule has 0 aromatic heterocycles. The van der Waals surface area contributed by atoms with Gasteiger partial charge in [0, 0.05) is 12.3 Å². The summed E-state index contributed by atoms with van der Waals surface area (Å²) in [5, 5.41) is 38.5. The highest BCUT2D eigenvalue weighted by atomic mass is 16.7. The van der Waals surface area contributed by atoms with Crippen LogP contribution in [0.25, 0.3) is 0 Å². The lowest BCUT2D eigenvalue weighted by atomic mass is 9.76. The Kier molecular flexibility index (Phi) is 6.53. The number of carbonyl (C=O) groups excluding carboxylic acids is 1. The zero-order chi connectivity index (χ0) is 17.1. The van der Waals surface area contributed by atoms with Crippen molar-refractivity contribution >= 4 is 5.78 Å². The van der Waals surface area contributed by atoms with Gasteiger partial charge in [-0.05, 0) is 24.7 Å². The molecular weight excluding hydrogens is 304 g/mol. The molecule has 8 atom stereocenters. The van der Waals surface area contributed by atoms with E-state index in [1.165, 1.54) is 0 Å². The number of Topliss-reactive ketones (excluding diaryl/α,β-unsaturated/α-hetero) is 1. The quantitative estimate of drug-likeness (QED) is 0.533. The number of hydrogen-bond donors (Lipinski definition) is 4. The lowest BCUT2D eigenvalue weighted by molar-refractivity contribution is -0.303. The van der Waals surface area contributed by atoms with Gasteiger partial charge in [-0.25, -0.2) is 0 Å². The molecule has 0 spiro atoms. The normalized spacial score (nSPS) is 43.4. The third-order valence-electron chi connectivity index (χ3n) is 4.99. The van der Waals surface area contributed by atoms with Crippen LogP contribution in [0.2, 0.25) is 0 Å². The molecule has 0 amide bonds. The van der Waals surface area contributed by atoms with Crippen LogP contribution in [-0.2, 0) is 14.3 Å². The number of aliphatic hydroxyl groups excluding tert-OH is 4. The van der Waals surface area contributed by atoms with Crippen LogP contribution in [-0.4, -0.2) is 70.1 Å². The molecule has 7 nitrogen and oxygen atoms in total. The molecule has 1 aliphatic carbocycles. The first-order chi connectivity index (χ1) is 10.8. The van der Waals surface area contributed by atoms with Crippen LogP contribution in [0.5, 0.6) is 0 Å². The molecule has 1 aliphatic heterocycles. The van der Waals surface area contributed by atoms with Crippen LogP contribution < -0.4 is 0 Å². The highest BCUT2D eigenvalue weighted by molar-refractivity contribution is 5.82. The van der Waals surface area contributed by atoms with Crippen molar-refractivity contribution in [2.24, 2.45) is 17.8 Å². The fraction of sp³-hybridized carbons (Fsp3) is 0.938. The van der Waals surface area contributed by atoms with Gasteiger partial charge in [-0.15, -0.1) is 0 Å². The van der Waals surface area contributed by atoms with Gasteiger partial charge in [0.15, 0.2) is 6.29 Å². The fourth-order valence-corrected chi connectivity index (χ4v) is 3.39. The molecule has 2 rings (SSSR count). The minimum Gasteiger partial charge on any atom is -0.394 e. The number of carbonyl (C=O) groups is 1. The van der Waals surface area contributed by atoms with Gasteiger partial charge in [0.1, 0.15) is 30.2 Å². The van der Waals surface area contributed by atoms with Crippen molar-refractivity contribution in [1.29, 1.82) is 0 Å². The van der Waals surface area contributed by atoms with E-state index in [-0.39, 0.29) is 24.2 Å².